The minimum Gasteiger partial charge on any atom is -0.493 e. The van der Waals surface area contributed by atoms with Gasteiger partial charge in [0.25, 0.3) is 0 Å². The van der Waals surface area contributed by atoms with Crippen LogP contribution in [0.3, 0.4) is 0 Å². The number of hydrogen-bond donors (Lipinski definition) is 2. The summed E-state index contributed by atoms with van der Waals surface area (Å²) in [7, 11) is 1.62. The summed E-state index contributed by atoms with van der Waals surface area (Å²) in [6, 6.07) is 6.59. The van der Waals surface area contributed by atoms with Gasteiger partial charge in [0, 0.05) is 19.1 Å². The zero-order valence-corrected chi connectivity index (χ0v) is 12.8. The Balaban J connectivity index is 1.88. The van der Waals surface area contributed by atoms with Crippen LogP contribution in [0, 0.1) is 0 Å². The molecule has 21 heavy (non-hydrogen) atoms. The van der Waals surface area contributed by atoms with E-state index in [1.807, 2.05) is 25.1 Å². The summed E-state index contributed by atoms with van der Waals surface area (Å²) in [4.78, 5) is 11.4. The van der Waals surface area contributed by atoms with Crippen molar-refractivity contribution in [3.05, 3.63) is 23.8 Å². The van der Waals surface area contributed by atoms with E-state index in [1.54, 1.807) is 7.11 Å². The first-order valence-electron chi connectivity index (χ1n) is 7.52. The first-order chi connectivity index (χ1) is 10.2. The molecule has 0 radical (unpaired) electrons. The number of methoxy groups -OCH3 is 1. The van der Waals surface area contributed by atoms with Gasteiger partial charge in [-0.15, -0.1) is 0 Å². The average Bonchev–Trinajstić information content (AvgIpc) is 3.30. The normalized spacial score (nSPS) is 13.8. The van der Waals surface area contributed by atoms with Crippen molar-refractivity contribution >= 4 is 5.91 Å². The van der Waals surface area contributed by atoms with E-state index in [-0.39, 0.29) is 5.91 Å². The highest BCUT2D eigenvalue weighted by molar-refractivity contribution is 5.75. The van der Waals surface area contributed by atoms with Crippen LogP contribution in [0.1, 0.15) is 31.7 Å². The van der Waals surface area contributed by atoms with Crippen molar-refractivity contribution in [2.75, 3.05) is 20.3 Å². The third kappa shape index (κ3) is 5.27. The van der Waals surface area contributed by atoms with Crippen LogP contribution in [0.4, 0.5) is 0 Å². The summed E-state index contributed by atoms with van der Waals surface area (Å²) in [5.74, 6) is 1.39. The van der Waals surface area contributed by atoms with Crippen molar-refractivity contribution in [2.24, 2.45) is 0 Å². The van der Waals surface area contributed by atoms with E-state index in [4.69, 9.17) is 9.47 Å². The summed E-state index contributed by atoms with van der Waals surface area (Å²) in [5, 5.41) is 6.22. The Morgan fingerprint density at radius 1 is 1.33 bits per heavy atom. The fraction of sp³-hybridized carbons (Fsp3) is 0.562. The van der Waals surface area contributed by atoms with Crippen LogP contribution in [0.15, 0.2) is 18.2 Å². The predicted molar refractivity (Wildman–Crippen MR) is 81.7 cm³/mol. The van der Waals surface area contributed by atoms with E-state index < -0.39 is 0 Å². The number of nitrogens with one attached hydrogen (secondary N) is 2. The zero-order chi connectivity index (χ0) is 15.1. The minimum atomic E-state index is 0.00280. The standard InChI is InChI=1S/C16H24N2O3/c1-3-17-16(19)8-9-21-15-10-12(4-7-14(15)20-2)11-18-13-5-6-13/h4,7,10,13,18H,3,5-6,8-9,11H2,1-2H3,(H,17,19). The van der Waals surface area contributed by atoms with Crippen molar-refractivity contribution in [3.63, 3.8) is 0 Å². The number of carbonyl (C=O) groups excluding carboxylic acids is 1. The van der Waals surface area contributed by atoms with Gasteiger partial charge in [-0.2, -0.15) is 0 Å². The molecule has 0 unspecified atom stereocenters. The lowest BCUT2D eigenvalue weighted by Crippen LogP contribution is -2.24. The Kier molecular flexibility index (Phi) is 5.87. The van der Waals surface area contributed by atoms with Gasteiger partial charge in [-0.1, -0.05) is 6.07 Å². The quantitative estimate of drug-likeness (QED) is 0.729. The van der Waals surface area contributed by atoms with Crippen LogP contribution in [0.2, 0.25) is 0 Å². The fourth-order valence-electron chi connectivity index (χ4n) is 2.03. The van der Waals surface area contributed by atoms with Crippen LogP contribution in [-0.4, -0.2) is 32.2 Å². The molecule has 116 valence electrons. The predicted octanol–water partition coefficient (Wildman–Crippen LogP) is 1.85. The van der Waals surface area contributed by atoms with E-state index in [1.165, 1.54) is 12.8 Å². The molecule has 2 rings (SSSR count). The molecule has 1 aliphatic carbocycles. The van der Waals surface area contributed by atoms with Gasteiger partial charge in [-0.05, 0) is 37.5 Å². The molecule has 0 atom stereocenters. The first kappa shape index (κ1) is 15.6. The molecule has 5 heteroatoms. The zero-order valence-electron chi connectivity index (χ0n) is 12.8. The molecular weight excluding hydrogens is 268 g/mol. The smallest absolute Gasteiger partial charge is 0.223 e. The van der Waals surface area contributed by atoms with Crippen molar-refractivity contribution in [1.29, 1.82) is 0 Å². The molecule has 0 spiro atoms. The van der Waals surface area contributed by atoms with Gasteiger partial charge in [0.2, 0.25) is 5.91 Å². The highest BCUT2D eigenvalue weighted by atomic mass is 16.5. The second-order valence-electron chi connectivity index (χ2n) is 5.19. The molecule has 5 nitrogen and oxygen atoms in total. The molecule has 1 aromatic rings. The van der Waals surface area contributed by atoms with Gasteiger partial charge in [-0.3, -0.25) is 4.79 Å². The third-order valence-corrected chi connectivity index (χ3v) is 3.36. The molecule has 1 amide bonds. The molecule has 1 saturated carbocycles. The second-order valence-corrected chi connectivity index (χ2v) is 5.19. The maximum Gasteiger partial charge on any atom is 0.223 e. The highest BCUT2D eigenvalue weighted by Gasteiger charge is 2.20. The Labute approximate surface area is 126 Å². The Bertz CT molecular complexity index is 473. The van der Waals surface area contributed by atoms with E-state index in [0.717, 1.165) is 12.1 Å². The average molecular weight is 292 g/mol. The Hall–Kier alpha value is -1.75. The van der Waals surface area contributed by atoms with Crippen LogP contribution in [-0.2, 0) is 11.3 Å². The SMILES string of the molecule is CCNC(=O)CCOc1cc(CNC2CC2)ccc1OC. The lowest BCUT2D eigenvalue weighted by molar-refractivity contribution is -0.121. The molecule has 1 aromatic carbocycles. The van der Waals surface area contributed by atoms with Crippen LogP contribution >= 0.6 is 0 Å². The van der Waals surface area contributed by atoms with Gasteiger partial charge in [0.15, 0.2) is 11.5 Å². The number of carbonyl (C=O) groups is 1. The summed E-state index contributed by atoms with van der Waals surface area (Å²) in [5.41, 5.74) is 1.16. The number of benzene rings is 1. The molecular formula is C16H24N2O3. The van der Waals surface area contributed by atoms with Crippen molar-refractivity contribution in [2.45, 2.75) is 38.8 Å². The number of hydrogen-bond acceptors (Lipinski definition) is 4. The highest BCUT2D eigenvalue weighted by Crippen LogP contribution is 2.28. The summed E-state index contributed by atoms with van der Waals surface area (Å²) < 4.78 is 11.0. The maximum absolute atomic E-state index is 11.4. The molecule has 0 bridgehead atoms. The van der Waals surface area contributed by atoms with Gasteiger partial charge >= 0.3 is 0 Å². The molecule has 1 aliphatic rings. The number of amides is 1. The minimum absolute atomic E-state index is 0.00280. The maximum atomic E-state index is 11.4. The molecule has 0 heterocycles. The van der Waals surface area contributed by atoms with Gasteiger partial charge in [0.05, 0.1) is 20.1 Å². The van der Waals surface area contributed by atoms with Gasteiger partial charge in [0.1, 0.15) is 0 Å². The van der Waals surface area contributed by atoms with E-state index in [9.17, 15) is 4.79 Å². The summed E-state index contributed by atoms with van der Waals surface area (Å²) >= 11 is 0. The number of rotatable bonds is 9. The summed E-state index contributed by atoms with van der Waals surface area (Å²) in [6.45, 7) is 3.73. The molecule has 0 aromatic heterocycles. The topological polar surface area (TPSA) is 59.6 Å². The van der Waals surface area contributed by atoms with Crippen molar-refractivity contribution in [3.8, 4) is 11.5 Å². The molecule has 0 aliphatic heterocycles. The second kappa shape index (κ2) is 7.88. The monoisotopic (exact) mass is 292 g/mol. The molecule has 2 N–H and O–H groups in total. The van der Waals surface area contributed by atoms with Crippen molar-refractivity contribution in [1.82, 2.24) is 10.6 Å². The van der Waals surface area contributed by atoms with Crippen LogP contribution in [0.25, 0.3) is 0 Å². The Morgan fingerprint density at radius 2 is 2.14 bits per heavy atom. The fourth-order valence-corrected chi connectivity index (χ4v) is 2.03. The lowest BCUT2D eigenvalue weighted by atomic mass is 10.2. The van der Waals surface area contributed by atoms with E-state index in [0.29, 0.717) is 37.1 Å². The first-order valence-corrected chi connectivity index (χ1v) is 7.52. The molecule has 0 saturated heterocycles. The van der Waals surface area contributed by atoms with Crippen molar-refractivity contribution < 1.29 is 14.3 Å². The number of ether oxygens (including phenoxy) is 2. The van der Waals surface area contributed by atoms with E-state index >= 15 is 0 Å². The van der Waals surface area contributed by atoms with E-state index in [2.05, 4.69) is 10.6 Å². The molecule has 1 fully saturated rings. The van der Waals surface area contributed by atoms with Crippen LogP contribution in [0.5, 0.6) is 11.5 Å². The van der Waals surface area contributed by atoms with Crippen LogP contribution < -0.4 is 20.1 Å². The van der Waals surface area contributed by atoms with Gasteiger partial charge < -0.3 is 20.1 Å². The summed E-state index contributed by atoms with van der Waals surface area (Å²) in [6.07, 6.45) is 2.89. The Morgan fingerprint density at radius 3 is 2.81 bits per heavy atom. The largest absolute Gasteiger partial charge is 0.493 e. The third-order valence-electron chi connectivity index (χ3n) is 3.36. The lowest BCUT2D eigenvalue weighted by Gasteiger charge is -2.12. The van der Waals surface area contributed by atoms with Gasteiger partial charge in [-0.25, -0.2) is 0 Å².